The number of furan rings is 1. The van der Waals surface area contributed by atoms with Gasteiger partial charge in [-0.3, -0.25) is 0 Å². The van der Waals surface area contributed by atoms with Crippen LogP contribution in [0.25, 0.3) is 23.4 Å². The Kier molecular flexibility index (Phi) is 4.13. The Morgan fingerprint density at radius 1 is 1.17 bits per heavy atom. The number of ether oxygens (including phenoxy) is 1. The fourth-order valence-electron chi connectivity index (χ4n) is 2.55. The van der Waals surface area contributed by atoms with Gasteiger partial charge in [0.15, 0.2) is 5.42 Å². The highest BCUT2D eigenvalue weighted by Gasteiger charge is 2.07. The molecule has 0 saturated heterocycles. The van der Waals surface area contributed by atoms with Crippen LogP contribution in [0.3, 0.4) is 0 Å². The molecule has 1 aromatic heterocycles. The predicted molar refractivity (Wildman–Crippen MR) is 97.0 cm³/mol. The van der Waals surface area contributed by atoms with Crippen LogP contribution in [0, 0.1) is 6.92 Å². The van der Waals surface area contributed by atoms with Gasteiger partial charge in [0.05, 0.1) is 7.11 Å². The first kappa shape index (κ1) is 15.9. The summed E-state index contributed by atoms with van der Waals surface area (Å²) in [6, 6.07) is 13.3. The van der Waals surface area contributed by atoms with Crippen molar-refractivity contribution in [2.24, 2.45) is 4.99 Å². The number of hydrogen-bond donors (Lipinski definition) is 1. The highest BCUT2D eigenvalue weighted by molar-refractivity contribution is 6.00. The van der Waals surface area contributed by atoms with Gasteiger partial charge in [-0.2, -0.15) is 0 Å². The van der Waals surface area contributed by atoms with Crippen molar-refractivity contribution in [1.29, 1.82) is 0 Å². The number of nitrogens with zero attached hydrogens (tertiary/aromatic N) is 1. The van der Waals surface area contributed by atoms with Gasteiger partial charge in [0.1, 0.15) is 11.3 Å². The van der Waals surface area contributed by atoms with E-state index in [1.807, 2.05) is 56.3 Å². The van der Waals surface area contributed by atoms with Gasteiger partial charge < -0.3 is 14.3 Å². The maximum atomic E-state index is 10.4. The molecule has 3 aromatic rings. The smallest absolute Gasteiger partial charge is 0.256 e. The molecule has 24 heavy (non-hydrogen) atoms. The molecular formula is C20H19NO3. The van der Waals surface area contributed by atoms with E-state index in [0.29, 0.717) is 21.9 Å². The Bertz CT molecular complexity index is 1030. The lowest BCUT2D eigenvalue weighted by molar-refractivity contribution is 0.415. The highest BCUT2D eigenvalue weighted by Crippen LogP contribution is 2.13. The molecule has 0 atom stereocenters. The molecule has 0 saturated carbocycles. The van der Waals surface area contributed by atoms with E-state index in [9.17, 15) is 5.11 Å². The Hall–Kier alpha value is -3.01. The van der Waals surface area contributed by atoms with Crippen molar-refractivity contribution in [2.75, 3.05) is 7.11 Å². The van der Waals surface area contributed by atoms with E-state index in [-0.39, 0.29) is 5.88 Å². The average Bonchev–Trinajstić information content (AvgIpc) is 2.91. The van der Waals surface area contributed by atoms with Crippen LogP contribution in [0.5, 0.6) is 5.75 Å². The van der Waals surface area contributed by atoms with Gasteiger partial charge in [-0.15, -0.1) is 0 Å². The first-order valence-electron chi connectivity index (χ1n) is 7.60. The Morgan fingerprint density at radius 3 is 2.54 bits per heavy atom. The quantitative estimate of drug-likeness (QED) is 0.753. The van der Waals surface area contributed by atoms with Gasteiger partial charge in [0, 0.05) is 16.3 Å². The van der Waals surface area contributed by atoms with Crippen molar-refractivity contribution in [3.63, 3.8) is 0 Å². The summed E-state index contributed by atoms with van der Waals surface area (Å²) in [6.45, 7) is 7.84. The summed E-state index contributed by atoms with van der Waals surface area (Å²) in [5, 5.41) is 11.9. The fraction of sp³-hybridized carbons (Fsp3) is 0.150. The van der Waals surface area contributed by atoms with Crippen molar-refractivity contribution in [3.8, 4) is 5.75 Å². The zero-order chi connectivity index (χ0) is 17.3. The lowest BCUT2D eigenvalue weighted by Crippen LogP contribution is -2.21. The number of aliphatic hydroxyl groups excluding tert-OH is 1. The number of hydrogen-bond acceptors (Lipinski definition) is 4. The third-order valence-electron chi connectivity index (χ3n) is 3.93. The van der Waals surface area contributed by atoms with Gasteiger partial charge in [-0.1, -0.05) is 18.2 Å². The lowest BCUT2D eigenvalue weighted by Gasteiger charge is -2.02. The summed E-state index contributed by atoms with van der Waals surface area (Å²) in [5.41, 5.74) is 3.65. The van der Waals surface area contributed by atoms with E-state index in [2.05, 4.69) is 11.6 Å². The van der Waals surface area contributed by atoms with Gasteiger partial charge in [-0.25, -0.2) is 4.99 Å². The third-order valence-corrected chi connectivity index (χ3v) is 3.93. The molecule has 3 rings (SSSR count). The molecule has 4 heteroatoms. The van der Waals surface area contributed by atoms with Crippen LogP contribution in [-0.4, -0.2) is 17.9 Å². The van der Waals surface area contributed by atoms with Crippen LogP contribution in [0.2, 0.25) is 0 Å². The predicted octanol–water partition coefficient (Wildman–Crippen LogP) is 3.29. The van der Waals surface area contributed by atoms with E-state index in [1.54, 1.807) is 7.11 Å². The van der Waals surface area contributed by atoms with Gasteiger partial charge in [0.2, 0.25) is 0 Å². The number of aliphatic imine (C=N–C) groups is 1. The van der Waals surface area contributed by atoms with Crippen molar-refractivity contribution in [1.82, 2.24) is 0 Å². The van der Waals surface area contributed by atoms with Crippen LogP contribution in [0.1, 0.15) is 18.1 Å². The van der Waals surface area contributed by atoms with E-state index in [4.69, 9.17) is 9.15 Å². The maximum absolute atomic E-state index is 10.4. The molecular weight excluding hydrogens is 302 g/mol. The summed E-state index contributed by atoms with van der Waals surface area (Å²) in [6.07, 6.45) is 0. The van der Waals surface area contributed by atoms with Crippen LogP contribution in [-0.2, 0) is 0 Å². The number of aryl methyl sites for hydroxylation is 1. The minimum Gasteiger partial charge on any atom is -0.497 e. The monoisotopic (exact) mass is 321 g/mol. The van der Waals surface area contributed by atoms with Crippen molar-refractivity contribution in [2.45, 2.75) is 13.8 Å². The van der Waals surface area contributed by atoms with Crippen LogP contribution < -0.4 is 15.4 Å². The molecule has 0 radical (unpaired) electrons. The normalized spacial score (nSPS) is 13.2. The van der Waals surface area contributed by atoms with Gasteiger partial charge in [-0.05, 0) is 55.8 Å². The molecule has 0 amide bonds. The minimum absolute atomic E-state index is 0.179. The van der Waals surface area contributed by atoms with Crippen molar-refractivity contribution >= 4 is 29.1 Å². The number of benzene rings is 2. The second kappa shape index (κ2) is 6.24. The van der Waals surface area contributed by atoms with Crippen LogP contribution >= 0.6 is 0 Å². The van der Waals surface area contributed by atoms with E-state index < -0.39 is 0 Å². The molecule has 0 fully saturated rings. The topological polar surface area (TPSA) is 55.0 Å². The summed E-state index contributed by atoms with van der Waals surface area (Å²) in [5.74, 6) is 0.592. The first-order valence-corrected chi connectivity index (χ1v) is 7.60. The highest BCUT2D eigenvalue weighted by atomic mass is 16.5. The van der Waals surface area contributed by atoms with Crippen molar-refractivity contribution in [3.05, 3.63) is 64.2 Å². The molecule has 0 bridgehead atoms. The molecule has 0 aliphatic heterocycles. The first-order chi connectivity index (χ1) is 11.5. The number of rotatable bonds is 3. The summed E-state index contributed by atoms with van der Waals surface area (Å²) < 4.78 is 10.9. The summed E-state index contributed by atoms with van der Waals surface area (Å²) in [7, 11) is 1.62. The molecule has 2 aromatic carbocycles. The van der Waals surface area contributed by atoms with Crippen molar-refractivity contribution < 1.29 is 14.3 Å². The number of aliphatic hydroxyl groups is 1. The molecule has 0 spiro atoms. The summed E-state index contributed by atoms with van der Waals surface area (Å²) in [4.78, 5) is 4.27. The van der Waals surface area contributed by atoms with Crippen LogP contribution in [0.4, 0.5) is 0 Å². The lowest BCUT2D eigenvalue weighted by atomic mass is 10.1. The largest absolute Gasteiger partial charge is 0.497 e. The Balaban J connectivity index is 2.09. The zero-order valence-electron chi connectivity index (χ0n) is 14.0. The standard InChI is InChI=1S/C20H19NO3/c1-12-5-10-18-17(11-12)13(2)19(24-18)20(22)21-14(3)15-6-8-16(23-4)9-7-15/h5-11,22H,2H2,1,3-4H3/b20-19-,21-14+. The Labute approximate surface area is 140 Å². The second-order valence-corrected chi connectivity index (χ2v) is 5.66. The molecule has 0 aliphatic carbocycles. The minimum atomic E-state index is -0.179. The number of fused-ring (bicyclic) bond motifs is 1. The second-order valence-electron chi connectivity index (χ2n) is 5.66. The van der Waals surface area contributed by atoms with E-state index >= 15 is 0 Å². The average molecular weight is 321 g/mol. The van der Waals surface area contributed by atoms with Gasteiger partial charge in [0.25, 0.3) is 5.88 Å². The zero-order valence-corrected chi connectivity index (χ0v) is 14.0. The van der Waals surface area contributed by atoms with E-state index in [0.717, 1.165) is 22.3 Å². The molecule has 1 N–H and O–H groups in total. The van der Waals surface area contributed by atoms with Crippen LogP contribution in [0.15, 0.2) is 51.9 Å². The molecule has 4 nitrogen and oxygen atoms in total. The SMILES string of the molecule is C=c1/c(=C(O)\N=C(/C)c2ccc(OC)cc2)oc2ccc(C)cc12. The fourth-order valence-corrected chi connectivity index (χ4v) is 2.55. The summed E-state index contributed by atoms with van der Waals surface area (Å²) >= 11 is 0. The third kappa shape index (κ3) is 2.91. The van der Waals surface area contributed by atoms with E-state index in [1.165, 1.54) is 0 Å². The molecule has 0 aliphatic rings. The molecule has 0 unspecified atom stereocenters. The Morgan fingerprint density at radius 2 is 1.88 bits per heavy atom. The maximum Gasteiger partial charge on any atom is 0.256 e. The molecule has 122 valence electrons. The number of methoxy groups -OCH3 is 1. The van der Waals surface area contributed by atoms with Gasteiger partial charge >= 0.3 is 0 Å². The molecule has 1 heterocycles.